The molecule has 0 radical (unpaired) electrons. The molecule has 0 aromatic heterocycles. The number of benzene rings is 1. The molecule has 3 saturated heterocycles. The van der Waals surface area contributed by atoms with Gasteiger partial charge in [0, 0.05) is 31.5 Å². The summed E-state index contributed by atoms with van der Waals surface area (Å²) in [7, 11) is 0. The number of nitrogens with zero attached hydrogens (tertiary/aromatic N) is 1. The summed E-state index contributed by atoms with van der Waals surface area (Å²) < 4.78 is 0. The highest BCUT2D eigenvalue weighted by atomic mass is 16.2. The lowest BCUT2D eigenvalue weighted by atomic mass is 9.92. The van der Waals surface area contributed by atoms with Crippen molar-refractivity contribution < 1.29 is 14.6 Å². The third-order valence-electron chi connectivity index (χ3n) is 7.14. The Hall–Kier alpha value is -1.39. The van der Waals surface area contributed by atoms with Crippen molar-refractivity contribution >= 4 is 5.91 Å². The van der Waals surface area contributed by atoms with Gasteiger partial charge in [-0.15, -0.1) is 0 Å². The Morgan fingerprint density at radius 2 is 1.67 bits per heavy atom. The second kappa shape index (κ2) is 9.20. The molecule has 0 aliphatic carbocycles. The predicted octanol–water partition coefficient (Wildman–Crippen LogP) is 0.541. The van der Waals surface area contributed by atoms with E-state index in [1.165, 1.54) is 70.3 Å². The summed E-state index contributed by atoms with van der Waals surface area (Å²) in [4.78, 5) is 18.6. The zero-order chi connectivity index (χ0) is 18.5. The van der Waals surface area contributed by atoms with E-state index in [1.54, 1.807) is 9.80 Å². The topological polar surface area (TPSA) is 29.2 Å². The van der Waals surface area contributed by atoms with Crippen molar-refractivity contribution in [3.63, 3.8) is 0 Å². The minimum Gasteiger partial charge on any atom is -0.342 e. The van der Waals surface area contributed by atoms with Crippen LogP contribution in [-0.2, 0) is 11.3 Å². The molecule has 3 fully saturated rings. The van der Waals surface area contributed by atoms with Gasteiger partial charge in [0.15, 0.2) is 0 Å². The average Bonchev–Trinajstić information content (AvgIpc) is 2.75. The van der Waals surface area contributed by atoms with Gasteiger partial charge in [-0.25, -0.2) is 0 Å². The molecule has 4 heteroatoms. The van der Waals surface area contributed by atoms with Crippen LogP contribution in [0.25, 0.3) is 0 Å². The van der Waals surface area contributed by atoms with Crippen molar-refractivity contribution in [2.75, 3.05) is 39.3 Å². The lowest BCUT2D eigenvalue weighted by Gasteiger charge is -2.39. The van der Waals surface area contributed by atoms with Gasteiger partial charge in [0.05, 0.1) is 38.1 Å². The van der Waals surface area contributed by atoms with Gasteiger partial charge in [-0.2, -0.15) is 0 Å². The van der Waals surface area contributed by atoms with Crippen LogP contribution in [0.3, 0.4) is 0 Å². The number of piperidine rings is 3. The van der Waals surface area contributed by atoms with Crippen LogP contribution in [-0.4, -0.2) is 56.1 Å². The normalized spacial score (nSPS) is 32.2. The van der Waals surface area contributed by atoms with E-state index in [4.69, 9.17) is 0 Å². The Labute approximate surface area is 164 Å². The average molecular weight is 372 g/mol. The first-order valence-electron chi connectivity index (χ1n) is 11.3. The Bertz CT molecular complexity index is 591. The van der Waals surface area contributed by atoms with Crippen molar-refractivity contribution in [1.82, 2.24) is 4.90 Å². The molecule has 27 heavy (non-hydrogen) atoms. The first kappa shape index (κ1) is 18.9. The zero-order valence-electron chi connectivity index (χ0n) is 16.8. The number of likely N-dealkylation sites (tertiary alicyclic amines) is 3. The van der Waals surface area contributed by atoms with Crippen LogP contribution in [0.2, 0.25) is 0 Å². The minimum atomic E-state index is 0.293. The largest absolute Gasteiger partial charge is 0.342 e. The number of hydrogen-bond donors (Lipinski definition) is 2. The third-order valence-corrected chi connectivity index (χ3v) is 7.14. The Kier molecular flexibility index (Phi) is 6.46. The molecular weight excluding hydrogens is 334 g/mol. The fourth-order valence-corrected chi connectivity index (χ4v) is 5.55. The molecule has 148 valence electrons. The summed E-state index contributed by atoms with van der Waals surface area (Å²) in [5.74, 6) is 0.764. The molecule has 4 rings (SSSR count). The van der Waals surface area contributed by atoms with Crippen LogP contribution in [0, 0.1) is 5.92 Å². The maximum atomic E-state index is 12.9. The summed E-state index contributed by atoms with van der Waals surface area (Å²) in [6, 6.07) is 11.7. The molecule has 3 aliphatic rings. The van der Waals surface area contributed by atoms with E-state index in [0.29, 0.717) is 11.8 Å². The predicted molar refractivity (Wildman–Crippen MR) is 108 cm³/mol. The van der Waals surface area contributed by atoms with Crippen molar-refractivity contribution in [2.45, 2.75) is 57.5 Å². The summed E-state index contributed by atoms with van der Waals surface area (Å²) in [6.45, 7) is 8.12. The highest BCUT2D eigenvalue weighted by Gasteiger charge is 2.37. The van der Waals surface area contributed by atoms with E-state index in [9.17, 15) is 4.79 Å². The van der Waals surface area contributed by atoms with E-state index >= 15 is 0 Å². The molecule has 1 amide bonds. The minimum absolute atomic E-state index is 0.293. The van der Waals surface area contributed by atoms with Gasteiger partial charge in [0.1, 0.15) is 6.54 Å². The molecule has 1 aromatic carbocycles. The van der Waals surface area contributed by atoms with Gasteiger partial charge in [-0.1, -0.05) is 30.3 Å². The Balaban J connectivity index is 1.26. The number of nitrogens with one attached hydrogen (secondary N) is 2. The SMILES string of the molecule is O=C([C@@H]1CCC[NH+](C2CC[NH+](Cc3ccccc3)CC2)C1)N1CCCCC1. The molecule has 3 aliphatic heterocycles. The molecule has 0 bridgehead atoms. The third kappa shape index (κ3) is 4.91. The summed E-state index contributed by atoms with van der Waals surface area (Å²) >= 11 is 0. The van der Waals surface area contributed by atoms with E-state index < -0.39 is 0 Å². The fraction of sp³-hybridized carbons (Fsp3) is 0.696. The van der Waals surface area contributed by atoms with Gasteiger partial charge in [-0.3, -0.25) is 4.79 Å². The van der Waals surface area contributed by atoms with Gasteiger partial charge in [0.25, 0.3) is 0 Å². The standard InChI is InChI=1S/C23H35N3O/c27-23(25-13-5-2-6-14-25)21-10-7-15-26(19-21)22-11-16-24(17-12-22)18-20-8-3-1-4-9-20/h1,3-4,8-9,21-22H,2,5-7,10-19H2/p+2/t21-/m1/s1. The quantitative estimate of drug-likeness (QED) is 0.795. The maximum absolute atomic E-state index is 12.9. The van der Waals surface area contributed by atoms with Crippen LogP contribution in [0.5, 0.6) is 0 Å². The number of rotatable bonds is 4. The summed E-state index contributed by atoms with van der Waals surface area (Å²) in [5, 5.41) is 0. The van der Waals surface area contributed by atoms with Crippen molar-refractivity contribution in [3.8, 4) is 0 Å². The zero-order valence-corrected chi connectivity index (χ0v) is 16.8. The van der Waals surface area contributed by atoms with Gasteiger partial charge in [-0.05, 0) is 32.1 Å². The number of amides is 1. The van der Waals surface area contributed by atoms with E-state index in [2.05, 4.69) is 35.2 Å². The second-order valence-corrected chi connectivity index (χ2v) is 9.02. The number of quaternary nitrogens is 2. The lowest BCUT2D eigenvalue weighted by Crippen LogP contribution is -3.21. The molecule has 0 spiro atoms. The smallest absolute Gasteiger partial charge is 0.231 e. The lowest BCUT2D eigenvalue weighted by molar-refractivity contribution is -0.967. The highest BCUT2D eigenvalue weighted by Crippen LogP contribution is 2.17. The van der Waals surface area contributed by atoms with Crippen LogP contribution in [0.4, 0.5) is 0 Å². The van der Waals surface area contributed by atoms with Gasteiger partial charge < -0.3 is 14.7 Å². The van der Waals surface area contributed by atoms with Crippen molar-refractivity contribution in [3.05, 3.63) is 35.9 Å². The van der Waals surface area contributed by atoms with Crippen molar-refractivity contribution in [1.29, 1.82) is 0 Å². The molecule has 2 atom stereocenters. The second-order valence-electron chi connectivity index (χ2n) is 9.02. The Morgan fingerprint density at radius 3 is 2.41 bits per heavy atom. The summed E-state index contributed by atoms with van der Waals surface area (Å²) in [6.07, 6.45) is 8.71. The first-order chi connectivity index (χ1) is 13.3. The number of carbonyl (C=O) groups is 1. The van der Waals surface area contributed by atoms with Crippen LogP contribution in [0.15, 0.2) is 30.3 Å². The van der Waals surface area contributed by atoms with E-state index in [-0.39, 0.29) is 0 Å². The maximum Gasteiger partial charge on any atom is 0.231 e. The molecule has 1 aromatic rings. The van der Waals surface area contributed by atoms with E-state index in [1.807, 2.05) is 0 Å². The highest BCUT2D eigenvalue weighted by molar-refractivity contribution is 5.79. The Morgan fingerprint density at radius 1 is 0.926 bits per heavy atom. The molecular formula is C23H37N3O+2. The summed E-state index contributed by atoms with van der Waals surface area (Å²) in [5.41, 5.74) is 1.46. The van der Waals surface area contributed by atoms with Crippen LogP contribution >= 0.6 is 0 Å². The monoisotopic (exact) mass is 371 g/mol. The first-order valence-corrected chi connectivity index (χ1v) is 11.3. The molecule has 3 heterocycles. The molecule has 1 unspecified atom stereocenters. The molecule has 2 N–H and O–H groups in total. The number of hydrogen-bond acceptors (Lipinski definition) is 1. The van der Waals surface area contributed by atoms with E-state index in [0.717, 1.165) is 32.1 Å². The molecule has 4 nitrogen and oxygen atoms in total. The van der Waals surface area contributed by atoms with Gasteiger partial charge >= 0.3 is 0 Å². The van der Waals surface area contributed by atoms with Crippen LogP contribution in [0.1, 0.15) is 50.5 Å². The van der Waals surface area contributed by atoms with Gasteiger partial charge in [0.2, 0.25) is 5.91 Å². The van der Waals surface area contributed by atoms with Crippen molar-refractivity contribution in [2.24, 2.45) is 5.92 Å². The fourth-order valence-electron chi connectivity index (χ4n) is 5.55. The van der Waals surface area contributed by atoms with Crippen LogP contribution < -0.4 is 9.80 Å². The molecule has 0 saturated carbocycles. The number of carbonyl (C=O) groups excluding carboxylic acids is 1.